The largest absolute Gasteiger partial charge is 0.325 e. The van der Waals surface area contributed by atoms with Gasteiger partial charge in [-0.15, -0.1) is 11.8 Å². The number of anilines is 2. The summed E-state index contributed by atoms with van der Waals surface area (Å²) >= 11 is 1.51. The lowest BCUT2D eigenvalue weighted by Crippen LogP contribution is -2.27. The molecule has 0 saturated heterocycles. The Labute approximate surface area is 181 Å². The summed E-state index contributed by atoms with van der Waals surface area (Å²) in [7, 11) is -3.71. The van der Waals surface area contributed by atoms with Crippen LogP contribution in [0.5, 0.6) is 0 Å². The van der Waals surface area contributed by atoms with Crippen LogP contribution in [-0.2, 0) is 19.4 Å². The normalized spacial score (nSPS) is 15.0. The van der Waals surface area contributed by atoms with Crippen LogP contribution in [0.1, 0.15) is 30.0 Å². The molecule has 30 heavy (non-hydrogen) atoms. The first kappa shape index (κ1) is 22.4. The van der Waals surface area contributed by atoms with Crippen LogP contribution >= 0.6 is 11.8 Å². The van der Waals surface area contributed by atoms with E-state index in [1.54, 1.807) is 13.0 Å². The number of rotatable bonds is 5. The van der Waals surface area contributed by atoms with Crippen molar-refractivity contribution in [2.45, 2.75) is 43.9 Å². The second-order valence-corrected chi connectivity index (χ2v) is 10.9. The van der Waals surface area contributed by atoms with Gasteiger partial charge in [-0.3, -0.25) is 9.59 Å². The average Bonchev–Trinajstić information content (AvgIpc) is 2.83. The average molecular weight is 447 g/mol. The van der Waals surface area contributed by atoms with Gasteiger partial charge in [-0.1, -0.05) is 24.6 Å². The van der Waals surface area contributed by atoms with E-state index in [0.29, 0.717) is 17.9 Å². The summed E-state index contributed by atoms with van der Waals surface area (Å²) in [6.07, 6.45) is 0.385. The van der Waals surface area contributed by atoms with Crippen LogP contribution in [0, 0.1) is 26.7 Å². The quantitative estimate of drug-likeness (QED) is 0.722. The predicted octanol–water partition coefficient (Wildman–Crippen LogP) is 4.09. The van der Waals surface area contributed by atoms with Gasteiger partial charge in [0.25, 0.3) is 0 Å². The van der Waals surface area contributed by atoms with Gasteiger partial charge in [-0.25, -0.2) is 8.42 Å². The third kappa shape index (κ3) is 5.05. The maximum absolute atomic E-state index is 12.9. The number of sulfone groups is 1. The highest BCUT2D eigenvalue weighted by atomic mass is 32.2. The number of thioether (sulfide) groups is 1. The molecule has 2 aromatic rings. The van der Waals surface area contributed by atoms with Crippen LogP contribution < -0.4 is 10.6 Å². The van der Waals surface area contributed by atoms with Crippen LogP contribution in [0.25, 0.3) is 0 Å². The predicted molar refractivity (Wildman–Crippen MR) is 121 cm³/mol. The molecule has 0 fully saturated rings. The highest BCUT2D eigenvalue weighted by Crippen LogP contribution is 2.33. The summed E-state index contributed by atoms with van der Waals surface area (Å²) < 4.78 is 25.9. The van der Waals surface area contributed by atoms with Crippen molar-refractivity contribution in [1.82, 2.24) is 0 Å². The van der Waals surface area contributed by atoms with Crippen LogP contribution in [0.4, 0.5) is 11.4 Å². The lowest BCUT2D eigenvalue weighted by Gasteiger charge is -2.17. The first-order valence-corrected chi connectivity index (χ1v) is 12.4. The van der Waals surface area contributed by atoms with E-state index in [-0.39, 0.29) is 22.5 Å². The van der Waals surface area contributed by atoms with E-state index in [9.17, 15) is 18.0 Å². The minimum absolute atomic E-state index is 0.103. The van der Waals surface area contributed by atoms with Crippen molar-refractivity contribution in [3.63, 3.8) is 0 Å². The molecule has 0 bridgehead atoms. The zero-order valence-corrected chi connectivity index (χ0v) is 19.2. The standard InChI is InChI=1S/C22H26N2O4S2/c1-13-9-14(2)21(15(3)10-13)24-22(26)16(4)12-30(27,28)17-5-6-19-18(11-17)23-20(25)7-8-29-19/h5-6,9-11,16H,7-8,12H2,1-4H3,(H,23,25)(H,24,26). The Morgan fingerprint density at radius 2 is 1.83 bits per heavy atom. The van der Waals surface area contributed by atoms with Crippen LogP contribution in [0.2, 0.25) is 0 Å². The van der Waals surface area contributed by atoms with E-state index in [4.69, 9.17) is 0 Å². The molecule has 0 saturated carbocycles. The Hall–Kier alpha value is -2.32. The molecule has 1 aliphatic heterocycles. The second kappa shape index (κ2) is 8.81. The maximum atomic E-state index is 12.9. The van der Waals surface area contributed by atoms with Gasteiger partial charge in [0.2, 0.25) is 11.8 Å². The Balaban J connectivity index is 1.77. The molecule has 160 valence electrons. The SMILES string of the molecule is Cc1cc(C)c(NC(=O)C(C)CS(=O)(=O)c2ccc3c(c2)NC(=O)CCS3)c(C)c1. The van der Waals surface area contributed by atoms with Gasteiger partial charge in [-0.05, 0) is 50.1 Å². The van der Waals surface area contributed by atoms with Crippen LogP contribution in [0.3, 0.4) is 0 Å². The fourth-order valence-electron chi connectivity index (χ4n) is 3.52. The molecule has 1 aliphatic rings. The number of amides is 2. The summed E-state index contributed by atoms with van der Waals surface area (Å²) in [5, 5.41) is 5.64. The van der Waals surface area contributed by atoms with E-state index in [1.807, 2.05) is 32.9 Å². The number of hydrogen-bond donors (Lipinski definition) is 2. The fourth-order valence-corrected chi connectivity index (χ4v) is 6.03. The number of aryl methyl sites for hydroxylation is 3. The molecule has 2 N–H and O–H groups in total. The summed E-state index contributed by atoms with van der Waals surface area (Å²) in [4.78, 5) is 25.4. The van der Waals surface area contributed by atoms with E-state index in [1.165, 1.54) is 23.9 Å². The molecule has 2 aromatic carbocycles. The zero-order valence-electron chi connectivity index (χ0n) is 17.5. The molecule has 1 unspecified atom stereocenters. The Bertz CT molecular complexity index is 1090. The molecule has 1 atom stereocenters. The minimum Gasteiger partial charge on any atom is -0.325 e. The number of carbonyl (C=O) groups is 2. The van der Waals surface area contributed by atoms with Crippen molar-refractivity contribution in [3.05, 3.63) is 47.0 Å². The molecule has 6 nitrogen and oxygen atoms in total. The lowest BCUT2D eigenvalue weighted by molar-refractivity contribution is -0.119. The molecule has 0 radical (unpaired) electrons. The van der Waals surface area contributed by atoms with Gasteiger partial charge in [0, 0.05) is 28.7 Å². The number of nitrogens with one attached hydrogen (secondary N) is 2. The van der Waals surface area contributed by atoms with Crippen LogP contribution in [0.15, 0.2) is 40.1 Å². The highest BCUT2D eigenvalue weighted by Gasteiger charge is 2.25. The first-order valence-electron chi connectivity index (χ1n) is 9.75. The molecule has 0 aromatic heterocycles. The van der Waals surface area contributed by atoms with E-state index < -0.39 is 15.8 Å². The summed E-state index contributed by atoms with van der Waals surface area (Å²) in [5.74, 6) is -0.875. The van der Waals surface area contributed by atoms with Gasteiger partial charge in [0.1, 0.15) is 0 Å². The van der Waals surface area contributed by atoms with Crippen molar-refractivity contribution >= 4 is 44.8 Å². The number of fused-ring (bicyclic) bond motifs is 1. The summed E-state index contributed by atoms with van der Waals surface area (Å²) in [6, 6.07) is 8.69. The number of carbonyl (C=O) groups excluding carboxylic acids is 2. The van der Waals surface area contributed by atoms with Gasteiger partial charge < -0.3 is 10.6 Å². The fraction of sp³-hybridized carbons (Fsp3) is 0.364. The highest BCUT2D eigenvalue weighted by molar-refractivity contribution is 7.99. The van der Waals surface area contributed by atoms with Crippen molar-refractivity contribution in [3.8, 4) is 0 Å². The van der Waals surface area contributed by atoms with Gasteiger partial charge >= 0.3 is 0 Å². The second-order valence-electron chi connectivity index (χ2n) is 7.75. The van der Waals surface area contributed by atoms with Crippen molar-refractivity contribution in [2.24, 2.45) is 5.92 Å². The molecule has 0 aliphatic carbocycles. The molecular weight excluding hydrogens is 420 g/mol. The maximum Gasteiger partial charge on any atom is 0.228 e. The Morgan fingerprint density at radius 1 is 1.17 bits per heavy atom. The smallest absolute Gasteiger partial charge is 0.228 e. The number of benzene rings is 2. The monoisotopic (exact) mass is 446 g/mol. The van der Waals surface area contributed by atoms with Crippen LogP contribution in [-0.4, -0.2) is 31.7 Å². The molecule has 0 spiro atoms. The third-order valence-electron chi connectivity index (χ3n) is 5.01. The molecule has 1 heterocycles. The first-order chi connectivity index (χ1) is 14.1. The molecule has 3 rings (SSSR count). The summed E-state index contributed by atoms with van der Waals surface area (Å²) in [5.41, 5.74) is 4.21. The van der Waals surface area contributed by atoms with E-state index >= 15 is 0 Å². The molecule has 8 heteroatoms. The van der Waals surface area contributed by atoms with Crippen molar-refractivity contribution in [2.75, 3.05) is 22.1 Å². The molecule has 2 amide bonds. The Morgan fingerprint density at radius 3 is 2.50 bits per heavy atom. The lowest BCUT2D eigenvalue weighted by atomic mass is 10.0. The third-order valence-corrected chi connectivity index (χ3v) is 8.00. The van der Waals surface area contributed by atoms with Crippen molar-refractivity contribution in [1.29, 1.82) is 0 Å². The number of hydrogen-bond acceptors (Lipinski definition) is 5. The van der Waals surface area contributed by atoms with E-state index in [2.05, 4.69) is 10.6 Å². The van der Waals surface area contributed by atoms with E-state index in [0.717, 1.165) is 27.3 Å². The van der Waals surface area contributed by atoms with Gasteiger partial charge in [-0.2, -0.15) is 0 Å². The van der Waals surface area contributed by atoms with Crippen molar-refractivity contribution < 1.29 is 18.0 Å². The van der Waals surface area contributed by atoms with Gasteiger partial charge in [0.15, 0.2) is 9.84 Å². The minimum atomic E-state index is -3.71. The topological polar surface area (TPSA) is 92.3 Å². The van der Waals surface area contributed by atoms with Gasteiger partial charge in [0.05, 0.1) is 16.3 Å². The zero-order chi connectivity index (χ0) is 22.1. The molecular formula is C22H26N2O4S2. The Kier molecular flexibility index (Phi) is 6.57. The summed E-state index contributed by atoms with van der Waals surface area (Å²) in [6.45, 7) is 7.42.